The van der Waals surface area contributed by atoms with E-state index in [1.165, 1.54) is 16.7 Å². The summed E-state index contributed by atoms with van der Waals surface area (Å²) in [7, 11) is 1.72. The number of aromatic nitrogens is 4. The number of alkyl halides is 3. The molecule has 172 valence electrons. The average Bonchev–Trinajstić information content (AvgIpc) is 3.03. The molecule has 0 fully saturated rings. The fraction of sp³-hybridized carbons (Fsp3) is 0.476. The molecule has 1 aliphatic heterocycles. The lowest BCUT2D eigenvalue weighted by Gasteiger charge is -2.31. The molecule has 0 saturated heterocycles. The number of H-pyrrole nitrogens is 1. The van der Waals surface area contributed by atoms with Crippen molar-refractivity contribution in [2.75, 3.05) is 11.4 Å². The van der Waals surface area contributed by atoms with Crippen molar-refractivity contribution in [1.82, 2.24) is 19.1 Å². The molecule has 0 saturated carbocycles. The Morgan fingerprint density at radius 3 is 2.75 bits per heavy atom. The normalized spacial score (nSPS) is 14.1. The number of nitrogens with one attached hydrogen (secondary N) is 1. The van der Waals surface area contributed by atoms with Crippen LogP contribution in [-0.2, 0) is 26.6 Å². The minimum Gasteiger partial charge on any atom is -0.406 e. The number of halogens is 3. The van der Waals surface area contributed by atoms with E-state index >= 15 is 0 Å². The van der Waals surface area contributed by atoms with Crippen LogP contribution in [-0.4, -0.2) is 32.0 Å². The molecular formula is C21H24F3N5O3. The van der Waals surface area contributed by atoms with Gasteiger partial charge in [-0.3, -0.25) is 14.3 Å². The summed E-state index contributed by atoms with van der Waals surface area (Å²) in [6.45, 7) is 3.50. The topological polar surface area (TPSA) is 85.2 Å². The highest BCUT2D eigenvalue weighted by atomic mass is 19.4. The van der Waals surface area contributed by atoms with Crippen molar-refractivity contribution in [2.45, 2.75) is 52.1 Å². The van der Waals surface area contributed by atoms with E-state index in [0.29, 0.717) is 43.0 Å². The minimum atomic E-state index is -4.74. The van der Waals surface area contributed by atoms with Crippen LogP contribution in [0.15, 0.2) is 27.8 Å². The number of hydrogen-bond donors (Lipinski definition) is 1. The van der Waals surface area contributed by atoms with Gasteiger partial charge < -0.3 is 14.2 Å². The highest BCUT2D eigenvalue weighted by Crippen LogP contribution is 2.33. The molecule has 1 N–H and O–H groups in total. The van der Waals surface area contributed by atoms with Crippen molar-refractivity contribution < 1.29 is 17.9 Å². The van der Waals surface area contributed by atoms with Crippen molar-refractivity contribution in [3.63, 3.8) is 0 Å². The molecule has 0 bridgehead atoms. The van der Waals surface area contributed by atoms with E-state index in [-0.39, 0.29) is 5.75 Å². The number of fused-ring (bicyclic) bond motifs is 2. The first-order valence-electron chi connectivity index (χ1n) is 10.5. The molecule has 2 aromatic heterocycles. The fourth-order valence-corrected chi connectivity index (χ4v) is 4.14. The van der Waals surface area contributed by atoms with Gasteiger partial charge in [-0.2, -0.15) is 0 Å². The minimum absolute atomic E-state index is 0.243. The molecular weight excluding hydrogens is 427 g/mol. The van der Waals surface area contributed by atoms with Crippen LogP contribution < -0.4 is 20.9 Å². The smallest absolute Gasteiger partial charge is 0.406 e. The molecule has 0 radical (unpaired) electrons. The maximum absolute atomic E-state index is 12.6. The molecule has 3 heterocycles. The summed E-state index contributed by atoms with van der Waals surface area (Å²) in [5.74, 6) is 0.345. The van der Waals surface area contributed by atoms with Gasteiger partial charge in [0.2, 0.25) is 0 Å². The zero-order valence-electron chi connectivity index (χ0n) is 17.8. The van der Waals surface area contributed by atoms with E-state index < -0.39 is 17.6 Å². The van der Waals surface area contributed by atoms with E-state index in [0.717, 1.165) is 30.5 Å². The Hall–Kier alpha value is -3.24. The lowest BCUT2D eigenvalue weighted by atomic mass is 10.0. The first-order chi connectivity index (χ1) is 15.2. The van der Waals surface area contributed by atoms with Crippen molar-refractivity contribution in [1.29, 1.82) is 0 Å². The Morgan fingerprint density at radius 2 is 2.03 bits per heavy atom. The van der Waals surface area contributed by atoms with Gasteiger partial charge in [-0.05, 0) is 43.0 Å². The van der Waals surface area contributed by atoms with Crippen molar-refractivity contribution in [3.8, 4) is 5.75 Å². The highest BCUT2D eigenvalue weighted by Gasteiger charge is 2.31. The number of anilines is 1. The predicted octanol–water partition coefficient (Wildman–Crippen LogP) is 3.07. The second-order valence-corrected chi connectivity index (χ2v) is 7.89. The highest BCUT2D eigenvalue weighted by molar-refractivity contribution is 5.71. The summed E-state index contributed by atoms with van der Waals surface area (Å²) in [5.41, 5.74) is 1.25. The van der Waals surface area contributed by atoms with Gasteiger partial charge in [0.1, 0.15) is 11.6 Å². The second kappa shape index (κ2) is 8.36. The lowest BCUT2D eigenvalue weighted by Crippen LogP contribution is -2.31. The zero-order chi connectivity index (χ0) is 23.0. The fourth-order valence-electron chi connectivity index (χ4n) is 4.14. The lowest BCUT2D eigenvalue weighted by molar-refractivity contribution is -0.274. The molecule has 0 spiro atoms. The van der Waals surface area contributed by atoms with E-state index in [1.807, 2.05) is 11.8 Å². The van der Waals surface area contributed by atoms with E-state index in [9.17, 15) is 22.8 Å². The van der Waals surface area contributed by atoms with Gasteiger partial charge >= 0.3 is 12.1 Å². The number of ether oxygens (including phenoxy) is 1. The van der Waals surface area contributed by atoms with Crippen molar-refractivity contribution in [2.24, 2.45) is 7.05 Å². The Kier molecular flexibility index (Phi) is 5.74. The number of unbranched alkanes of at least 4 members (excludes halogenated alkanes) is 1. The average molecular weight is 451 g/mol. The number of benzene rings is 1. The first kappa shape index (κ1) is 22.0. The number of rotatable bonds is 6. The number of imidazole rings is 1. The summed E-state index contributed by atoms with van der Waals surface area (Å²) in [5, 5.41) is 0. The van der Waals surface area contributed by atoms with Gasteiger partial charge in [0.15, 0.2) is 11.2 Å². The molecule has 11 heteroatoms. The van der Waals surface area contributed by atoms with Crippen molar-refractivity contribution >= 4 is 16.9 Å². The third-order valence-electron chi connectivity index (χ3n) is 5.67. The van der Waals surface area contributed by atoms with Gasteiger partial charge in [0.25, 0.3) is 5.56 Å². The molecule has 0 unspecified atom stereocenters. The molecule has 0 atom stereocenters. The first-order valence-corrected chi connectivity index (χ1v) is 10.5. The largest absolute Gasteiger partial charge is 0.573 e. The van der Waals surface area contributed by atoms with Crippen LogP contribution in [0.3, 0.4) is 0 Å². The van der Waals surface area contributed by atoms with E-state index in [4.69, 9.17) is 0 Å². The van der Waals surface area contributed by atoms with Crippen LogP contribution in [0.5, 0.6) is 5.75 Å². The maximum Gasteiger partial charge on any atom is 0.573 e. The van der Waals surface area contributed by atoms with Gasteiger partial charge in [0, 0.05) is 25.8 Å². The van der Waals surface area contributed by atoms with Gasteiger partial charge in [-0.25, -0.2) is 9.78 Å². The Labute approximate surface area is 181 Å². The molecule has 4 rings (SSSR count). The van der Waals surface area contributed by atoms with E-state index in [1.54, 1.807) is 17.7 Å². The standard InChI is InChI=1S/C21H24F3N5O3/c1-3-4-10-29-18-17(19(30)26-20(29)31)27(2)16(25-18)12-28-9-5-6-13-11-14(7-8-15(13)28)32-21(22,23)24/h7-8,11H,3-6,9-10,12H2,1-2H3,(H,26,30,31). The molecule has 1 aromatic carbocycles. The van der Waals surface area contributed by atoms with Crippen LogP contribution in [0, 0.1) is 0 Å². The third-order valence-corrected chi connectivity index (χ3v) is 5.67. The summed E-state index contributed by atoms with van der Waals surface area (Å²) in [6.07, 6.45) is -1.68. The molecule has 0 aliphatic carbocycles. The zero-order valence-corrected chi connectivity index (χ0v) is 17.8. The Morgan fingerprint density at radius 1 is 1.25 bits per heavy atom. The Bertz CT molecular complexity index is 1260. The van der Waals surface area contributed by atoms with Gasteiger partial charge in [-0.15, -0.1) is 13.2 Å². The molecule has 32 heavy (non-hydrogen) atoms. The molecule has 3 aromatic rings. The van der Waals surface area contributed by atoms with Gasteiger partial charge in [0.05, 0.1) is 6.54 Å². The van der Waals surface area contributed by atoms with Crippen LogP contribution in [0.1, 0.15) is 37.6 Å². The quantitative estimate of drug-likeness (QED) is 0.623. The number of nitrogens with zero attached hydrogens (tertiary/aromatic N) is 4. The molecule has 8 nitrogen and oxygen atoms in total. The number of aryl methyl sites for hydroxylation is 3. The van der Waals surface area contributed by atoms with Crippen molar-refractivity contribution in [3.05, 3.63) is 50.4 Å². The monoisotopic (exact) mass is 451 g/mol. The van der Waals surface area contributed by atoms with E-state index in [2.05, 4.69) is 14.7 Å². The summed E-state index contributed by atoms with van der Waals surface area (Å²) >= 11 is 0. The predicted molar refractivity (Wildman–Crippen MR) is 113 cm³/mol. The summed E-state index contributed by atoms with van der Waals surface area (Å²) in [6, 6.07) is 4.33. The maximum atomic E-state index is 12.6. The molecule has 1 aliphatic rings. The Balaban J connectivity index is 1.69. The third kappa shape index (κ3) is 4.23. The van der Waals surface area contributed by atoms with Crippen LogP contribution >= 0.6 is 0 Å². The van der Waals surface area contributed by atoms with Crippen LogP contribution in [0.4, 0.5) is 18.9 Å². The second-order valence-electron chi connectivity index (χ2n) is 7.89. The van der Waals surface area contributed by atoms with Crippen LogP contribution in [0.2, 0.25) is 0 Å². The molecule has 0 amide bonds. The summed E-state index contributed by atoms with van der Waals surface area (Å²) in [4.78, 5) is 33.8. The number of hydrogen-bond acceptors (Lipinski definition) is 5. The van der Waals surface area contributed by atoms with Gasteiger partial charge in [-0.1, -0.05) is 13.3 Å². The summed E-state index contributed by atoms with van der Waals surface area (Å²) < 4.78 is 44.9. The number of aromatic amines is 1. The SMILES string of the molecule is CCCCn1c(=O)[nH]c(=O)c2c1nc(CN1CCCc3cc(OC(F)(F)F)ccc31)n2C. The van der Waals surface area contributed by atoms with Crippen LogP contribution in [0.25, 0.3) is 11.2 Å².